The van der Waals surface area contributed by atoms with Crippen molar-refractivity contribution in [1.29, 1.82) is 0 Å². The molecule has 0 unspecified atom stereocenters. The van der Waals surface area contributed by atoms with E-state index < -0.39 is 11.4 Å². The van der Waals surface area contributed by atoms with Crippen molar-refractivity contribution in [2.24, 2.45) is 5.41 Å². The molecule has 108 valence electrons. The molecule has 0 radical (unpaired) electrons. The number of allylic oxidation sites excluding steroid dienone is 1. The first-order chi connectivity index (χ1) is 9.11. The highest BCUT2D eigenvalue weighted by molar-refractivity contribution is 6.02. The number of ketones is 1. The fourth-order valence-electron chi connectivity index (χ4n) is 1.60. The van der Waals surface area contributed by atoms with Gasteiger partial charge in [-0.3, -0.25) is 4.79 Å². The fraction of sp³-hybridized carbons (Fsp3) is 0.375. The largest absolute Gasteiger partial charge is 0.477 e. The van der Waals surface area contributed by atoms with Crippen molar-refractivity contribution in [1.82, 2.24) is 0 Å². The number of hydrogen-bond donors (Lipinski definition) is 2. The van der Waals surface area contributed by atoms with Crippen LogP contribution in [0.1, 0.15) is 31.9 Å². The van der Waals surface area contributed by atoms with Crippen molar-refractivity contribution >= 4 is 17.4 Å². The standard InChI is InChI=1S/C16H21NO3/c1-10-6-7-12(11(2)8-10)17-13(15(19)20)9-14(18)16(3,4)5/h6-9,17H,1-5H3,(H,19,20). The third-order valence-electron chi connectivity index (χ3n) is 2.90. The Kier molecular flexibility index (Phi) is 4.71. The van der Waals surface area contributed by atoms with Crippen LogP contribution in [0.25, 0.3) is 0 Å². The molecule has 0 amide bonds. The molecule has 0 bridgehead atoms. The number of carbonyl (C=O) groups excluding carboxylic acids is 1. The summed E-state index contributed by atoms with van der Waals surface area (Å²) in [5.74, 6) is -1.38. The van der Waals surface area contributed by atoms with E-state index in [1.54, 1.807) is 20.8 Å². The van der Waals surface area contributed by atoms with Crippen LogP contribution in [-0.2, 0) is 9.59 Å². The second kappa shape index (κ2) is 5.90. The molecule has 0 spiro atoms. The molecule has 0 fully saturated rings. The number of hydrogen-bond acceptors (Lipinski definition) is 3. The molecular weight excluding hydrogens is 254 g/mol. The Morgan fingerprint density at radius 1 is 1.20 bits per heavy atom. The zero-order valence-electron chi connectivity index (χ0n) is 12.6. The molecule has 0 saturated carbocycles. The lowest BCUT2D eigenvalue weighted by Gasteiger charge is -2.15. The molecule has 0 aliphatic carbocycles. The van der Waals surface area contributed by atoms with Crippen LogP contribution < -0.4 is 5.32 Å². The van der Waals surface area contributed by atoms with Gasteiger partial charge < -0.3 is 10.4 Å². The molecule has 0 aromatic heterocycles. The normalized spacial score (nSPS) is 12.2. The number of carboxylic acids is 1. The van der Waals surface area contributed by atoms with E-state index in [9.17, 15) is 14.7 Å². The van der Waals surface area contributed by atoms with E-state index in [2.05, 4.69) is 5.32 Å². The third kappa shape index (κ3) is 4.23. The number of benzene rings is 1. The van der Waals surface area contributed by atoms with Crippen LogP contribution in [0.3, 0.4) is 0 Å². The predicted octanol–water partition coefficient (Wildman–Crippen LogP) is 3.30. The van der Waals surface area contributed by atoms with Gasteiger partial charge in [-0.15, -0.1) is 0 Å². The van der Waals surface area contributed by atoms with Crippen molar-refractivity contribution in [3.8, 4) is 0 Å². The lowest BCUT2D eigenvalue weighted by Crippen LogP contribution is -2.21. The molecule has 1 aromatic rings. The molecule has 0 heterocycles. The summed E-state index contributed by atoms with van der Waals surface area (Å²) < 4.78 is 0. The first kappa shape index (κ1) is 16.0. The molecule has 20 heavy (non-hydrogen) atoms. The van der Waals surface area contributed by atoms with Crippen LogP contribution in [0.15, 0.2) is 30.0 Å². The van der Waals surface area contributed by atoms with E-state index in [1.807, 2.05) is 32.0 Å². The Balaban J connectivity index is 3.08. The second-order valence-corrected chi connectivity index (χ2v) is 5.92. The van der Waals surface area contributed by atoms with Crippen molar-refractivity contribution in [3.05, 3.63) is 41.1 Å². The minimum absolute atomic E-state index is 0.114. The minimum Gasteiger partial charge on any atom is -0.477 e. The quantitative estimate of drug-likeness (QED) is 0.827. The van der Waals surface area contributed by atoms with Gasteiger partial charge in [-0.1, -0.05) is 38.5 Å². The fourth-order valence-corrected chi connectivity index (χ4v) is 1.60. The Hall–Kier alpha value is -2.10. The number of anilines is 1. The topological polar surface area (TPSA) is 66.4 Å². The lowest BCUT2D eigenvalue weighted by molar-refractivity contribution is -0.133. The summed E-state index contributed by atoms with van der Waals surface area (Å²) in [5.41, 5.74) is 1.99. The maximum Gasteiger partial charge on any atom is 0.352 e. The molecule has 4 heteroatoms. The van der Waals surface area contributed by atoms with Gasteiger partial charge in [0.25, 0.3) is 0 Å². The lowest BCUT2D eigenvalue weighted by atomic mass is 9.90. The number of rotatable bonds is 4. The Morgan fingerprint density at radius 2 is 1.80 bits per heavy atom. The van der Waals surface area contributed by atoms with Gasteiger partial charge in [0.2, 0.25) is 0 Å². The molecule has 0 saturated heterocycles. The predicted molar refractivity (Wildman–Crippen MR) is 79.7 cm³/mol. The van der Waals surface area contributed by atoms with E-state index in [0.29, 0.717) is 5.69 Å². The maximum atomic E-state index is 11.9. The summed E-state index contributed by atoms with van der Waals surface area (Å²) in [4.78, 5) is 23.2. The molecule has 4 nitrogen and oxygen atoms in total. The zero-order chi connectivity index (χ0) is 15.5. The Labute approximate surface area is 119 Å². The SMILES string of the molecule is Cc1ccc(NC(=CC(=O)C(C)(C)C)C(=O)O)c(C)c1. The summed E-state index contributed by atoms with van der Waals surface area (Å²) >= 11 is 0. The van der Waals surface area contributed by atoms with Crippen LogP contribution >= 0.6 is 0 Å². The summed E-state index contributed by atoms with van der Waals surface area (Å²) in [6.07, 6.45) is 1.15. The van der Waals surface area contributed by atoms with E-state index in [4.69, 9.17) is 0 Å². The van der Waals surface area contributed by atoms with Gasteiger partial charge in [0.15, 0.2) is 5.78 Å². The van der Waals surface area contributed by atoms with Gasteiger partial charge in [-0.2, -0.15) is 0 Å². The van der Waals surface area contributed by atoms with Crippen molar-refractivity contribution < 1.29 is 14.7 Å². The van der Waals surface area contributed by atoms with Crippen LogP contribution in [0, 0.1) is 19.3 Å². The maximum absolute atomic E-state index is 11.9. The highest BCUT2D eigenvalue weighted by Crippen LogP contribution is 2.20. The molecule has 0 atom stereocenters. The average Bonchev–Trinajstić information content (AvgIpc) is 2.29. The first-order valence-corrected chi connectivity index (χ1v) is 6.45. The highest BCUT2D eigenvalue weighted by atomic mass is 16.4. The average molecular weight is 275 g/mol. The van der Waals surface area contributed by atoms with E-state index >= 15 is 0 Å². The molecule has 1 aromatic carbocycles. The molecule has 0 aliphatic heterocycles. The second-order valence-electron chi connectivity index (χ2n) is 5.92. The summed E-state index contributed by atoms with van der Waals surface area (Å²) in [6, 6.07) is 5.65. The first-order valence-electron chi connectivity index (χ1n) is 6.45. The van der Waals surface area contributed by atoms with Crippen LogP contribution in [-0.4, -0.2) is 16.9 Å². The number of carbonyl (C=O) groups is 2. The number of carboxylic acid groups (broad SMARTS) is 1. The Morgan fingerprint density at radius 3 is 2.25 bits per heavy atom. The van der Waals surface area contributed by atoms with Gasteiger partial charge in [0.05, 0.1) is 0 Å². The number of nitrogens with one attached hydrogen (secondary N) is 1. The van der Waals surface area contributed by atoms with Crippen LogP contribution in [0.5, 0.6) is 0 Å². The van der Waals surface area contributed by atoms with Crippen molar-refractivity contribution in [2.75, 3.05) is 5.32 Å². The number of aliphatic carboxylic acids is 1. The van der Waals surface area contributed by atoms with Crippen LogP contribution in [0.2, 0.25) is 0 Å². The zero-order valence-corrected chi connectivity index (χ0v) is 12.6. The molecular formula is C16H21NO3. The third-order valence-corrected chi connectivity index (χ3v) is 2.90. The smallest absolute Gasteiger partial charge is 0.352 e. The van der Waals surface area contributed by atoms with Gasteiger partial charge in [0, 0.05) is 17.2 Å². The van der Waals surface area contributed by atoms with E-state index in [-0.39, 0.29) is 11.5 Å². The number of aryl methyl sites for hydroxylation is 2. The van der Waals surface area contributed by atoms with Gasteiger partial charge in [0.1, 0.15) is 5.70 Å². The van der Waals surface area contributed by atoms with Gasteiger partial charge >= 0.3 is 5.97 Å². The van der Waals surface area contributed by atoms with E-state index in [0.717, 1.165) is 17.2 Å². The van der Waals surface area contributed by atoms with Gasteiger partial charge in [-0.05, 0) is 25.5 Å². The molecule has 2 N–H and O–H groups in total. The monoisotopic (exact) mass is 275 g/mol. The summed E-state index contributed by atoms with van der Waals surface area (Å²) in [7, 11) is 0. The summed E-state index contributed by atoms with van der Waals surface area (Å²) in [6.45, 7) is 9.11. The minimum atomic E-state index is -1.15. The molecule has 1 rings (SSSR count). The molecule has 0 aliphatic rings. The Bertz CT molecular complexity index is 566. The van der Waals surface area contributed by atoms with Crippen molar-refractivity contribution in [2.45, 2.75) is 34.6 Å². The van der Waals surface area contributed by atoms with Crippen LogP contribution in [0.4, 0.5) is 5.69 Å². The van der Waals surface area contributed by atoms with Crippen molar-refractivity contribution in [3.63, 3.8) is 0 Å². The summed E-state index contributed by atoms with van der Waals surface area (Å²) in [5, 5.41) is 12.0. The van der Waals surface area contributed by atoms with Gasteiger partial charge in [-0.25, -0.2) is 4.79 Å². The highest BCUT2D eigenvalue weighted by Gasteiger charge is 2.21. The van der Waals surface area contributed by atoms with E-state index in [1.165, 1.54) is 0 Å².